The number of carbonyl (C=O) groups is 2. The van der Waals surface area contributed by atoms with E-state index in [1.807, 2.05) is 0 Å². The number of amides is 2. The van der Waals surface area contributed by atoms with Crippen LogP contribution in [0.3, 0.4) is 0 Å². The molecule has 7 nitrogen and oxygen atoms in total. The summed E-state index contributed by atoms with van der Waals surface area (Å²) in [6.07, 6.45) is 1.57. The highest BCUT2D eigenvalue weighted by molar-refractivity contribution is 5.97. The number of nitrogens with zero attached hydrogens (tertiary/aromatic N) is 2. The van der Waals surface area contributed by atoms with E-state index in [2.05, 4.69) is 10.4 Å². The first-order chi connectivity index (χ1) is 9.02. The van der Waals surface area contributed by atoms with Crippen molar-refractivity contribution in [1.82, 2.24) is 15.1 Å². The Kier molecular flexibility index (Phi) is 3.19. The van der Waals surface area contributed by atoms with Gasteiger partial charge in [-0.15, -0.1) is 0 Å². The number of carbonyl (C=O) groups excluding carboxylic acids is 2. The molecule has 2 rings (SSSR count). The predicted molar refractivity (Wildman–Crippen MR) is 69.9 cm³/mol. The maximum Gasteiger partial charge on any atom is 0.271 e. The van der Waals surface area contributed by atoms with Crippen LogP contribution in [0.2, 0.25) is 0 Å². The zero-order chi connectivity index (χ0) is 14.0. The number of rotatable bonds is 3. The van der Waals surface area contributed by atoms with Gasteiger partial charge in [0, 0.05) is 18.9 Å². The largest absolute Gasteiger partial charge is 0.399 e. The van der Waals surface area contributed by atoms with Crippen LogP contribution in [0.15, 0.2) is 30.5 Å². The van der Waals surface area contributed by atoms with Gasteiger partial charge in [-0.3, -0.25) is 9.59 Å². The standard InChI is InChI=1S/C12H13N5O2/c1-15-12(19)9-4-5-17(16-9)10-3-2-7(13)6-8(10)11(14)18/h2-6H,13H2,1H3,(H2,14,18)(H,15,19). The van der Waals surface area contributed by atoms with Crippen molar-refractivity contribution in [3.8, 4) is 5.69 Å². The summed E-state index contributed by atoms with van der Waals surface area (Å²) in [5.74, 6) is -0.922. The Labute approximate surface area is 109 Å². The lowest BCUT2D eigenvalue weighted by molar-refractivity contribution is 0.0956. The second-order valence-electron chi connectivity index (χ2n) is 3.87. The molecule has 0 atom stereocenters. The van der Waals surface area contributed by atoms with Crippen molar-refractivity contribution < 1.29 is 9.59 Å². The fraction of sp³-hybridized carbons (Fsp3) is 0.0833. The minimum Gasteiger partial charge on any atom is -0.399 e. The molecule has 0 spiro atoms. The Morgan fingerprint density at radius 1 is 1.32 bits per heavy atom. The van der Waals surface area contributed by atoms with Crippen molar-refractivity contribution in [2.24, 2.45) is 5.73 Å². The second kappa shape index (κ2) is 4.81. The van der Waals surface area contributed by atoms with E-state index < -0.39 is 5.91 Å². The summed E-state index contributed by atoms with van der Waals surface area (Å²) in [6.45, 7) is 0. The number of primary amides is 1. The molecule has 0 unspecified atom stereocenters. The first kappa shape index (κ1) is 12.6. The maximum atomic E-state index is 11.4. The Hall–Kier alpha value is -2.83. The number of nitrogens with one attached hydrogen (secondary N) is 1. The lowest BCUT2D eigenvalue weighted by atomic mass is 10.1. The summed E-state index contributed by atoms with van der Waals surface area (Å²) in [7, 11) is 1.51. The van der Waals surface area contributed by atoms with Crippen LogP contribution in [0.1, 0.15) is 20.8 Å². The average molecular weight is 259 g/mol. The lowest BCUT2D eigenvalue weighted by Crippen LogP contribution is -2.19. The Bertz CT molecular complexity index is 647. The highest BCUT2D eigenvalue weighted by atomic mass is 16.2. The normalized spacial score (nSPS) is 10.2. The van der Waals surface area contributed by atoms with E-state index in [9.17, 15) is 9.59 Å². The fourth-order valence-corrected chi connectivity index (χ4v) is 1.66. The predicted octanol–water partition coefficient (Wildman–Crippen LogP) is -0.0870. The second-order valence-corrected chi connectivity index (χ2v) is 3.87. The van der Waals surface area contributed by atoms with Crippen LogP contribution in [0.5, 0.6) is 0 Å². The molecule has 7 heteroatoms. The molecule has 19 heavy (non-hydrogen) atoms. The van der Waals surface area contributed by atoms with E-state index in [0.29, 0.717) is 11.4 Å². The molecule has 0 fully saturated rings. The lowest BCUT2D eigenvalue weighted by Gasteiger charge is -2.07. The van der Waals surface area contributed by atoms with E-state index >= 15 is 0 Å². The third-order valence-electron chi connectivity index (χ3n) is 2.58. The molecule has 0 aliphatic carbocycles. The zero-order valence-corrected chi connectivity index (χ0v) is 10.3. The van der Waals surface area contributed by atoms with Crippen LogP contribution in [0.4, 0.5) is 5.69 Å². The highest BCUT2D eigenvalue weighted by Crippen LogP contribution is 2.17. The molecule has 1 aromatic heterocycles. The number of nitrogen functional groups attached to an aromatic ring is 1. The topological polar surface area (TPSA) is 116 Å². The maximum absolute atomic E-state index is 11.4. The van der Waals surface area contributed by atoms with Crippen LogP contribution in [-0.4, -0.2) is 28.6 Å². The van der Waals surface area contributed by atoms with Crippen LogP contribution in [-0.2, 0) is 0 Å². The molecule has 1 heterocycles. The molecular formula is C12H13N5O2. The SMILES string of the molecule is CNC(=O)c1ccn(-c2ccc(N)cc2C(N)=O)n1. The number of hydrogen-bond donors (Lipinski definition) is 3. The fourth-order valence-electron chi connectivity index (χ4n) is 1.66. The Balaban J connectivity index is 2.50. The van der Waals surface area contributed by atoms with Gasteiger partial charge in [-0.1, -0.05) is 0 Å². The summed E-state index contributed by atoms with van der Waals surface area (Å²) in [5.41, 5.74) is 12.3. The van der Waals surface area contributed by atoms with Crippen molar-refractivity contribution in [3.63, 3.8) is 0 Å². The first-order valence-corrected chi connectivity index (χ1v) is 5.50. The molecule has 0 bridgehead atoms. The Morgan fingerprint density at radius 2 is 2.05 bits per heavy atom. The van der Waals surface area contributed by atoms with Crippen molar-refractivity contribution in [2.75, 3.05) is 12.8 Å². The van der Waals surface area contributed by atoms with Gasteiger partial charge < -0.3 is 16.8 Å². The summed E-state index contributed by atoms with van der Waals surface area (Å²) < 4.78 is 1.41. The van der Waals surface area contributed by atoms with Crippen molar-refractivity contribution in [3.05, 3.63) is 41.7 Å². The molecule has 98 valence electrons. The van der Waals surface area contributed by atoms with Gasteiger partial charge in [-0.2, -0.15) is 5.10 Å². The van der Waals surface area contributed by atoms with Gasteiger partial charge in [0.2, 0.25) is 0 Å². The van der Waals surface area contributed by atoms with Crippen molar-refractivity contribution >= 4 is 17.5 Å². The van der Waals surface area contributed by atoms with E-state index in [0.717, 1.165) is 0 Å². The van der Waals surface area contributed by atoms with Crippen LogP contribution >= 0.6 is 0 Å². The third kappa shape index (κ3) is 2.39. The third-order valence-corrected chi connectivity index (χ3v) is 2.58. The van der Waals surface area contributed by atoms with Gasteiger partial charge in [0.1, 0.15) is 0 Å². The Morgan fingerprint density at radius 3 is 2.68 bits per heavy atom. The summed E-state index contributed by atoms with van der Waals surface area (Å²) in [6, 6.07) is 6.26. The van der Waals surface area contributed by atoms with Crippen LogP contribution in [0, 0.1) is 0 Å². The van der Waals surface area contributed by atoms with E-state index in [1.54, 1.807) is 24.4 Å². The zero-order valence-electron chi connectivity index (χ0n) is 10.3. The van der Waals surface area contributed by atoms with Gasteiger partial charge in [0.25, 0.3) is 11.8 Å². The molecule has 1 aromatic carbocycles. The minimum atomic E-state index is -0.612. The first-order valence-electron chi connectivity index (χ1n) is 5.50. The summed E-state index contributed by atoms with van der Waals surface area (Å²) >= 11 is 0. The number of aromatic nitrogens is 2. The number of benzene rings is 1. The molecule has 0 aliphatic heterocycles. The number of anilines is 1. The average Bonchev–Trinajstić information content (AvgIpc) is 2.87. The molecule has 5 N–H and O–H groups in total. The summed E-state index contributed by atoms with van der Waals surface area (Å²) in [4.78, 5) is 22.8. The van der Waals surface area contributed by atoms with Gasteiger partial charge in [0.15, 0.2) is 5.69 Å². The minimum absolute atomic E-state index is 0.242. The van der Waals surface area contributed by atoms with E-state index in [-0.39, 0.29) is 17.2 Å². The molecular weight excluding hydrogens is 246 g/mol. The van der Waals surface area contributed by atoms with Gasteiger partial charge in [-0.05, 0) is 24.3 Å². The van der Waals surface area contributed by atoms with Gasteiger partial charge >= 0.3 is 0 Å². The van der Waals surface area contributed by atoms with Gasteiger partial charge in [0.05, 0.1) is 11.3 Å². The molecule has 0 saturated heterocycles. The monoisotopic (exact) mass is 259 g/mol. The quantitative estimate of drug-likeness (QED) is 0.668. The van der Waals surface area contributed by atoms with Crippen LogP contribution in [0.25, 0.3) is 5.69 Å². The molecule has 2 aromatic rings. The molecule has 0 radical (unpaired) electrons. The van der Waals surface area contributed by atoms with Crippen LogP contribution < -0.4 is 16.8 Å². The molecule has 2 amide bonds. The number of nitrogens with two attached hydrogens (primary N) is 2. The van der Waals surface area contributed by atoms with Gasteiger partial charge in [-0.25, -0.2) is 4.68 Å². The van der Waals surface area contributed by atoms with E-state index in [1.165, 1.54) is 17.8 Å². The smallest absolute Gasteiger partial charge is 0.271 e. The number of hydrogen-bond acceptors (Lipinski definition) is 4. The van der Waals surface area contributed by atoms with E-state index in [4.69, 9.17) is 11.5 Å². The molecule has 0 aliphatic rings. The molecule has 0 saturated carbocycles. The highest BCUT2D eigenvalue weighted by Gasteiger charge is 2.13. The van der Waals surface area contributed by atoms with Crippen molar-refractivity contribution in [2.45, 2.75) is 0 Å². The van der Waals surface area contributed by atoms with Crippen molar-refractivity contribution in [1.29, 1.82) is 0 Å². The summed E-state index contributed by atoms with van der Waals surface area (Å²) in [5, 5.41) is 6.55.